The molecule has 1 unspecified atom stereocenters. The van der Waals surface area contributed by atoms with E-state index in [1.54, 1.807) is 0 Å². The third-order valence-electron chi connectivity index (χ3n) is 3.41. The summed E-state index contributed by atoms with van der Waals surface area (Å²) in [6, 6.07) is 11.6. The zero-order valence-electron chi connectivity index (χ0n) is 10.4. The van der Waals surface area contributed by atoms with E-state index in [0.29, 0.717) is 5.02 Å². The highest BCUT2D eigenvalue weighted by Gasteiger charge is 2.28. The highest BCUT2D eigenvalue weighted by atomic mass is 79.9. The molecule has 20 heavy (non-hydrogen) atoms. The first kappa shape index (κ1) is 14.4. The van der Waals surface area contributed by atoms with Gasteiger partial charge < -0.3 is 10.5 Å². The maximum absolute atomic E-state index is 6.28. The van der Waals surface area contributed by atoms with Crippen molar-refractivity contribution in [3.63, 3.8) is 0 Å². The molecule has 3 rings (SSSR count). The highest BCUT2D eigenvalue weighted by Crippen LogP contribution is 2.42. The Balaban J connectivity index is 1.99. The second kappa shape index (κ2) is 5.68. The molecule has 5 heteroatoms. The maximum Gasteiger partial charge on any atom is 0.127 e. The normalized spacial score (nSPS) is 21.2. The van der Waals surface area contributed by atoms with E-state index in [2.05, 4.69) is 31.9 Å². The maximum atomic E-state index is 6.28. The summed E-state index contributed by atoms with van der Waals surface area (Å²) in [5, 5.41) is 0.696. The molecule has 2 N–H and O–H groups in total. The fourth-order valence-electron chi connectivity index (χ4n) is 2.43. The molecule has 0 amide bonds. The van der Waals surface area contributed by atoms with E-state index in [9.17, 15) is 0 Å². The van der Waals surface area contributed by atoms with Crippen molar-refractivity contribution in [1.82, 2.24) is 0 Å². The molecule has 0 aliphatic carbocycles. The van der Waals surface area contributed by atoms with Crippen LogP contribution in [-0.4, -0.2) is 0 Å². The first-order valence-corrected chi connectivity index (χ1v) is 8.17. The third-order valence-corrected chi connectivity index (χ3v) is 4.86. The van der Waals surface area contributed by atoms with Gasteiger partial charge in [0.05, 0.1) is 0 Å². The van der Waals surface area contributed by atoms with E-state index >= 15 is 0 Å². The van der Waals surface area contributed by atoms with Crippen LogP contribution in [0.15, 0.2) is 45.3 Å². The van der Waals surface area contributed by atoms with Crippen LogP contribution >= 0.6 is 43.5 Å². The summed E-state index contributed by atoms with van der Waals surface area (Å²) >= 11 is 13.1. The largest absolute Gasteiger partial charge is 0.485 e. The van der Waals surface area contributed by atoms with Crippen molar-refractivity contribution in [2.75, 3.05) is 0 Å². The summed E-state index contributed by atoms with van der Waals surface area (Å²) in [5.41, 5.74) is 8.35. The van der Waals surface area contributed by atoms with Crippen LogP contribution in [0.25, 0.3) is 0 Å². The lowest BCUT2D eigenvalue weighted by Crippen LogP contribution is -2.24. The Bertz CT molecular complexity index is 662. The van der Waals surface area contributed by atoms with Gasteiger partial charge in [-0.1, -0.05) is 43.5 Å². The van der Waals surface area contributed by atoms with E-state index in [-0.39, 0.29) is 12.1 Å². The third kappa shape index (κ3) is 2.75. The molecule has 1 aliphatic heterocycles. The van der Waals surface area contributed by atoms with Gasteiger partial charge in [-0.25, -0.2) is 0 Å². The molecule has 0 fully saturated rings. The molecular formula is C15H12Br2ClNO. The minimum Gasteiger partial charge on any atom is -0.485 e. The van der Waals surface area contributed by atoms with Crippen molar-refractivity contribution < 1.29 is 4.74 Å². The van der Waals surface area contributed by atoms with Crippen LogP contribution in [-0.2, 0) is 0 Å². The number of rotatable bonds is 1. The minimum atomic E-state index is -0.0910. The zero-order chi connectivity index (χ0) is 14.3. The lowest BCUT2D eigenvalue weighted by Gasteiger charge is -2.31. The van der Waals surface area contributed by atoms with E-state index in [1.807, 2.05) is 36.4 Å². The number of fused-ring (bicyclic) bond motifs is 1. The first-order chi connectivity index (χ1) is 9.54. The second-order valence-corrected chi connectivity index (χ2v) is 7.00. The molecule has 2 atom stereocenters. The average Bonchev–Trinajstić information content (AvgIpc) is 2.42. The number of ether oxygens (including phenoxy) is 1. The molecule has 1 aliphatic rings. The highest BCUT2D eigenvalue weighted by molar-refractivity contribution is 9.10. The van der Waals surface area contributed by atoms with Crippen molar-refractivity contribution in [3.8, 4) is 5.75 Å². The zero-order valence-corrected chi connectivity index (χ0v) is 14.4. The van der Waals surface area contributed by atoms with Crippen molar-refractivity contribution in [3.05, 3.63) is 61.5 Å². The summed E-state index contributed by atoms with van der Waals surface area (Å²) < 4.78 is 8.09. The molecule has 0 aromatic heterocycles. The van der Waals surface area contributed by atoms with Crippen molar-refractivity contribution >= 4 is 43.5 Å². The standard InChI is InChI=1S/C15H12Br2ClNO/c16-8-1-4-14-11(5-8)13(19)7-15(20-14)10-6-9(18)2-3-12(10)17/h1-6,13,15H,7,19H2/t13-,15?/m1/s1. The van der Waals surface area contributed by atoms with E-state index in [0.717, 1.165) is 32.2 Å². The second-order valence-electron chi connectivity index (χ2n) is 4.80. The minimum absolute atomic E-state index is 0.0490. The topological polar surface area (TPSA) is 35.2 Å². The van der Waals surface area contributed by atoms with Gasteiger partial charge >= 0.3 is 0 Å². The van der Waals surface area contributed by atoms with Gasteiger partial charge in [-0.05, 0) is 36.4 Å². The molecule has 0 radical (unpaired) electrons. The first-order valence-electron chi connectivity index (χ1n) is 6.21. The molecule has 0 saturated heterocycles. The number of hydrogen-bond donors (Lipinski definition) is 1. The quantitative estimate of drug-likeness (QED) is 0.675. The predicted octanol–water partition coefficient (Wildman–Crippen LogP) is 5.39. The SMILES string of the molecule is N[C@@H]1CC(c2cc(Cl)ccc2Br)Oc2ccc(Br)cc21. The molecular weight excluding hydrogens is 405 g/mol. The molecule has 104 valence electrons. The lowest BCUT2D eigenvalue weighted by atomic mass is 9.94. The Morgan fingerprint density at radius 2 is 1.90 bits per heavy atom. The van der Waals surface area contributed by atoms with Gasteiger partial charge in [0.2, 0.25) is 0 Å². The lowest BCUT2D eigenvalue weighted by molar-refractivity contribution is 0.161. The fraction of sp³-hybridized carbons (Fsp3) is 0.200. The number of nitrogens with two attached hydrogens (primary N) is 1. The average molecular weight is 418 g/mol. The molecule has 1 heterocycles. The van der Waals surface area contributed by atoms with Crippen molar-refractivity contribution in [2.24, 2.45) is 5.73 Å². The number of benzene rings is 2. The van der Waals surface area contributed by atoms with E-state index in [1.165, 1.54) is 0 Å². The number of halogens is 3. The summed E-state index contributed by atoms with van der Waals surface area (Å²) in [6.07, 6.45) is 0.634. The Labute approximate surface area is 139 Å². The van der Waals surface area contributed by atoms with E-state index < -0.39 is 0 Å². The molecule has 0 saturated carbocycles. The molecule has 2 aromatic rings. The number of hydrogen-bond acceptors (Lipinski definition) is 2. The van der Waals surface area contributed by atoms with Crippen molar-refractivity contribution in [2.45, 2.75) is 18.6 Å². The van der Waals surface area contributed by atoms with Crippen LogP contribution in [0.4, 0.5) is 0 Å². The molecule has 0 bridgehead atoms. The summed E-state index contributed by atoms with van der Waals surface area (Å²) in [5.74, 6) is 0.837. The van der Waals surface area contributed by atoms with Crippen LogP contribution in [0.5, 0.6) is 5.75 Å². The van der Waals surface area contributed by atoms with Gasteiger partial charge in [0.25, 0.3) is 0 Å². The monoisotopic (exact) mass is 415 g/mol. The van der Waals surface area contributed by atoms with Crippen LogP contribution < -0.4 is 10.5 Å². The van der Waals surface area contributed by atoms with Gasteiger partial charge in [0.15, 0.2) is 0 Å². The van der Waals surface area contributed by atoms with Crippen molar-refractivity contribution in [1.29, 1.82) is 0 Å². The molecule has 2 aromatic carbocycles. The van der Waals surface area contributed by atoms with Crippen LogP contribution in [0.3, 0.4) is 0 Å². The van der Waals surface area contributed by atoms with Gasteiger partial charge in [0.1, 0.15) is 11.9 Å². The summed E-state index contributed by atoms with van der Waals surface area (Å²) in [6.45, 7) is 0. The van der Waals surface area contributed by atoms with Crippen LogP contribution in [0.1, 0.15) is 29.7 Å². The Morgan fingerprint density at radius 3 is 2.70 bits per heavy atom. The molecule has 0 spiro atoms. The Hall–Kier alpha value is -0.550. The van der Waals surface area contributed by atoms with Crippen LogP contribution in [0, 0.1) is 0 Å². The summed E-state index contributed by atoms with van der Waals surface area (Å²) in [7, 11) is 0. The predicted molar refractivity (Wildman–Crippen MR) is 88.2 cm³/mol. The van der Waals surface area contributed by atoms with Gasteiger partial charge in [-0.2, -0.15) is 0 Å². The van der Waals surface area contributed by atoms with Gasteiger partial charge in [-0.3, -0.25) is 0 Å². The fourth-order valence-corrected chi connectivity index (χ4v) is 3.49. The van der Waals surface area contributed by atoms with Gasteiger partial charge in [-0.15, -0.1) is 0 Å². The Morgan fingerprint density at radius 1 is 1.10 bits per heavy atom. The Kier molecular flexibility index (Phi) is 4.09. The van der Waals surface area contributed by atoms with E-state index in [4.69, 9.17) is 22.1 Å². The smallest absolute Gasteiger partial charge is 0.127 e. The van der Waals surface area contributed by atoms with Crippen LogP contribution in [0.2, 0.25) is 5.02 Å². The molecule has 2 nitrogen and oxygen atoms in total. The summed E-state index contributed by atoms with van der Waals surface area (Å²) in [4.78, 5) is 0. The van der Waals surface area contributed by atoms with Gasteiger partial charge in [0, 0.05) is 37.6 Å².